The van der Waals surface area contributed by atoms with Gasteiger partial charge in [0, 0.05) is 43.3 Å². The molecule has 0 saturated carbocycles. The van der Waals surface area contributed by atoms with Crippen LogP contribution in [0.4, 0.5) is 14.6 Å². The zero-order valence-corrected chi connectivity index (χ0v) is 18.4. The molecule has 0 bridgehead atoms. The van der Waals surface area contributed by atoms with E-state index in [2.05, 4.69) is 21.4 Å². The normalized spacial score (nSPS) is 14.3. The quantitative estimate of drug-likeness (QED) is 0.434. The smallest absolute Gasteiger partial charge is 0.303 e. The molecule has 1 aliphatic rings. The van der Waals surface area contributed by atoms with Gasteiger partial charge >= 0.3 is 5.97 Å². The van der Waals surface area contributed by atoms with E-state index in [9.17, 15) is 18.7 Å². The molecule has 6 nitrogen and oxygen atoms in total. The highest BCUT2D eigenvalue weighted by Crippen LogP contribution is 2.36. The van der Waals surface area contributed by atoms with E-state index >= 15 is 0 Å². The van der Waals surface area contributed by atoms with Crippen LogP contribution in [-0.2, 0) is 17.6 Å². The van der Waals surface area contributed by atoms with Gasteiger partial charge in [0.2, 0.25) is 11.8 Å². The zero-order chi connectivity index (χ0) is 23.0. The van der Waals surface area contributed by atoms with Crippen LogP contribution in [-0.4, -0.2) is 40.1 Å². The predicted molar refractivity (Wildman–Crippen MR) is 119 cm³/mol. The Morgan fingerprint density at radius 2 is 2.12 bits per heavy atom. The molecule has 2 N–H and O–H groups in total. The number of carboxylic acids is 1. The van der Waals surface area contributed by atoms with E-state index in [-0.39, 0.29) is 12.8 Å². The van der Waals surface area contributed by atoms with E-state index in [4.69, 9.17) is 4.74 Å². The minimum absolute atomic E-state index is 0.281. The number of nitrogens with one attached hydrogen (secondary N) is 1. The number of hydrogen-bond acceptors (Lipinski definition) is 5. The molecule has 3 heterocycles. The summed E-state index contributed by atoms with van der Waals surface area (Å²) >= 11 is 0. The number of unbranched alkanes of at least 4 members (excludes halogenated alkanes) is 1. The van der Waals surface area contributed by atoms with Gasteiger partial charge in [0.05, 0.1) is 13.0 Å². The van der Waals surface area contributed by atoms with Crippen LogP contribution in [0.25, 0.3) is 0 Å². The molecule has 0 amide bonds. The van der Waals surface area contributed by atoms with Crippen LogP contribution in [0.5, 0.6) is 5.88 Å². The molecule has 2 aromatic heterocycles. The fraction of sp³-hybridized carbons (Fsp3) is 0.542. The van der Waals surface area contributed by atoms with E-state index in [1.165, 1.54) is 11.8 Å². The van der Waals surface area contributed by atoms with Crippen LogP contribution >= 0.6 is 0 Å². The van der Waals surface area contributed by atoms with Gasteiger partial charge in [0.1, 0.15) is 5.82 Å². The highest BCUT2D eigenvalue weighted by molar-refractivity contribution is 5.68. The van der Waals surface area contributed by atoms with Crippen molar-refractivity contribution in [3.05, 3.63) is 47.3 Å². The second-order valence-corrected chi connectivity index (χ2v) is 8.27. The third-order valence-corrected chi connectivity index (χ3v) is 5.67. The lowest BCUT2D eigenvalue weighted by Gasteiger charge is -2.23. The van der Waals surface area contributed by atoms with Crippen LogP contribution in [0.3, 0.4) is 0 Å². The first-order valence-corrected chi connectivity index (χ1v) is 11.3. The summed E-state index contributed by atoms with van der Waals surface area (Å²) in [6.45, 7) is 3.18. The number of carbonyl (C=O) groups is 1. The Hall–Kier alpha value is -2.77. The van der Waals surface area contributed by atoms with E-state index in [1.807, 2.05) is 13.0 Å². The fourth-order valence-electron chi connectivity index (χ4n) is 4.05. The number of aryl methyl sites for hydroxylation is 2. The van der Waals surface area contributed by atoms with Crippen molar-refractivity contribution in [3.63, 3.8) is 0 Å². The minimum atomic E-state index is -2.95. The molecule has 0 unspecified atom stereocenters. The van der Waals surface area contributed by atoms with Gasteiger partial charge in [-0.05, 0) is 56.2 Å². The molecule has 0 saturated heterocycles. The average Bonchev–Trinajstić information content (AvgIpc) is 2.76. The van der Waals surface area contributed by atoms with Crippen LogP contribution in [0, 0.1) is 0 Å². The molecule has 8 heteroatoms. The van der Waals surface area contributed by atoms with Crippen molar-refractivity contribution >= 4 is 11.8 Å². The van der Waals surface area contributed by atoms with Crippen molar-refractivity contribution in [1.82, 2.24) is 9.97 Å². The van der Waals surface area contributed by atoms with Gasteiger partial charge in [0.15, 0.2) is 0 Å². The Labute approximate surface area is 187 Å². The SMILES string of the molecule is CCOc1ccc([C@H](CC(=O)O)CC(F)(F)CCCCc2ccc3c(n2)NCCC3)cn1. The lowest BCUT2D eigenvalue weighted by Crippen LogP contribution is -2.22. The maximum Gasteiger partial charge on any atom is 0.303 e. The zero-order valence-electron chi connectivity index (χ0n) is 18.4. The predicted octanol–water partition coefficient (Wildman–Crippen LogP) is 5.23. The van der Waals surface area contributed by atoms with Crippen molar-refractivity contribution in [2.24, 2.45) is 0 Å². The van der Waals surface area contributed by atoms with Gasteiger partial charge in [-0.2, -0.15) is 0 Å². The second-order valence-electron chi connectivity index (χ2n) is 8.27. The summed E-state index contributed by atoms with van der Waals surface area (Å²) in [6.07, 6.45) is 3.99. The van der Waals surface area contributed by atoms with E-state index < -0.39 is 24.2 Å². The molecule has 0 aromatic carbocycles. The largest absolute Gasteiger partial charge is 0.481 e. The Bertz CT molecular complexity index is 891. The minimum Gasteiger partial charge on any atom is -0.481 e. The Balaban J connectivity index is 1.52. The van der Waals surface area contributed by atoms with Crippen LogP contribution < -0.4 is 10.1 Å². The molecule has 0 radical (unpaired) electrons. The summed E-state index contributed by atoms with van der Waals surface area (Å²) in [7, 11) is 0. The number of aliphatic carboxylic acids is 1. The van der Waals surface area contributed by atoms with Crippen LogP contribution in [0.15, 0.2) is 30.5 Å². The van der Waals surface area contributed by atoms with Gasteiger partial charge in [-0.1, -0.05) is 12.1 Å². The summed E-state index contributed by atoms with van der Waals surface area (Å²) in [4.78, 5) is 20.0. The molecule has 0 fully saturated rings. The lowest BCUT2D eigenvalue weighted by molar-refractivity contribution is -0.138. The second kappa shape index (κ2) is 11.2. The number of hydrogen-bond donors (Lipinski definition) is 2. The van der Waals surface area contributed by atoms with Crippen LogP contribution in [0.2, 0.25) is 0 Å². The van der Waals surface area contributed by atoms with Crippen molar-refractivity contribution < 1.29 is 23.4 Å². The first-order chi connectivity index (χ1) is 15.4. The first-order valence-electron chi connectivity index (χ1n) is 11.3. The number of rotatable bonds is 12. The topological polar surface area (TPSA) is 84.3 Å². The maximum atomic E-state index is 14.7. The number of aromatic nitrogens is 2. The number of ether oxygens (including phenoxy) is 1. The maximum absolute atomic E-state index is 14.7. The monoisotopic (exact) mass is 447 g/mol. The molecule has 32 heavy (non-hydrogen) atoms. The molecule has 0 spiro atoms. The number of anilines is 1. The summed E-state index contributed by atoms with van der Waals surface area (Å²) in [5, 5.41) is 12.5. The molecular weight excluding hydrogens is 416 g/mol. The number of nitrogens with zero attached hydrogens (tertiary/aromatic N) is 2. The highest BCUT2D eigenvalue weighted by atomic mass is 19.3. The molecule has 1 aliphatic heterocycles. The van der Waals surface area contributed by atoms with Gasteiger partial charge in [-0.25, -0.2) is 18.7 Å². The number of halogens is 2. The van der Waals surface area contributed by atoms with E-state index in [0.717, 1.165) is 30.9 Å². The number of fused-ring (bicyclic) bond motifs is 1. The van der Waals surface area contributed by atoms with Gasteiger partial charge < -0.3 is 15.2 Å². The molecule has 1 atom stereocenters. The molecule has 174 valence electrons. The van der Waals surface area contributed by atoms with Crippen LogP contribution in [0.1, 0.15) is 68.2 Å². The van der Waals surface area contributed by atoms with E-state index in [1.54, 1.807) is 12.1 Å². The third kappa shape index (κ3) is 7.14. The molecule has 0 aliphatic carbocycles. The summed E-state index contributed by atoms with van der Waals surface area (Å²) in [6, 6.07) is 7.26. The van der Waals surface area contributed by atoms with Crippen molar-refractivity contribution in [1.29, 1.82) is 0 Å². The Morgan fingerprint density at radius 1 is 1.28 bits per heavy atom. The number of alkyl halides is 2. The van der Waals surface area contributed by atoms with Gasteiger partial charge in [-0.3, -0.25) is 4.79 Å². The lowest BCUT2D eigenvalue weighted by atomic mass is 9.89. The number of pyridine rings is 2. The molecule has 2 aromatic rings. The standard InChI is InChI=1S/C24H31F2N3O3/c1-2-32-21-11-9-18(16-28-21)19(14-22(30)31)15-24(25,26)12-4-3-7-20-10-8-17-6-5-13-27-23(17)29-20/h8-11,16,19H,2-7,12-15H2,1H3,(H,27,29)(H,30,31)/t19-/m1/s1. The summed E-state index contributed by atoms with van der Waals surface area (Å²) in [5.41, 5.74) is 2.60. The molecule has 3 rings (SSSR count). The summed E-state index contributed by atoms with van der Waals surface area (Å²) in [5.74, 6) is -3.56. The first kappa shape index (κ1) is 23.9. The molecular formula is C24H31F2N3O3. The van der Waals surface area contributed by atoms with E-state index in [0.29, 0.717) is 37.3 Å². The average molecular weight is 448 g/mol. The van der Waals surface area contributed by atoms with Gasteiger partial charge in [0.25, 0.3) is 0 Å². The van der Waals surface area contributed by atoms with Gasteiger partial charge in [-0.15, -0.1) is 0 Å². The number of carboxylic acid groups (broad SMARTS) is 1. The Kier molecular flexibility index (Phi) is 8.36. The van der Waals surface area contributed by atoms with Crippen molar-refractivity contribution in [3.8, 4) is 5.88 Å². The Morgan fingerprint density at radius 3 is 2.84 bits per heavy atom. The highest BCUT2D eigenvalue weighted by Gasteiger charge is 2.34. The fourth-order valence-corrected chi connectivity index (χ4v) is 4.05. The van der Waals surface area contributed by atoms with Crippen molar-refractivity contribution in [2.45, 2.75) is 70.1 Å². The summed E-state index contributed by atoms with van der Waals surface area (Å²) < 4.78 is 34.7. The third-order valence-electron chi connectivity index (χ3n) is 5.67. The van der Waals surface area contributed by atoms with Crippen molar-refractivity contribution in [2.75, 3.05) is 18.5 Å².